The molecule has 0 atom stereocenters. The molecule has 0 aliphatic heterocycles. The summed E-state index contributed by atoms with van der Waals surface area (Å²) in [4.78, 5) is 26.3. The summed E-state index contributed by atoms with van der Waals surface area (Å²) in [6, 6.07) is 0. The normalized spacial score (nSPS) is 13.1. The van der Waals surface area contributed by atoms with Gasteiger partial charge in [0, 0.05) is 0 Å². The molecule has 0 heterocycles. The van der Waals surface area contributed by atoms with Crippen LogP contribution in [0.5, 0.6) is 0 Å². The molecular weight excluding hydrogens is 211 g/mol. The molecule has 0 fully saturated rings. The summed E-state index contributed by atoms with van der Waals surface area (Å²) < 4.78 is 0. The zero-order valence-electron chi connectivity index (χ0n) is 9.91. The van der Waals surface area contributed by atoms with Gasteiger partial charge in [-0.05, 0) is 0 Å². The average Bonchev–Trinajstić information content (AvgIpc) is 2.14. The van der Waals surface area contributed by atoms with Gasteiger partial charge >= 0.3 is 93.5 Å². The zero-order chi connectivity index (χ0) is 11.6. The summed E-state index contributed by atoms with van der Waals surface area (Å²) in [6.07, 6.45) is 10.9. The van der Waals surface area contributed by atoms with E-state index < -0.39 is 7.94 Å². The first-order valence-electron chi connectivity index (χ1n) is 6.23. The van der Waals surface area contributed by atoms with Crippen LogP contribution in [0.15, 0.2) is 0 Å². The van der Waals surface area contributed by atoms with Crippen molar-refractivity contribution in [3.05, 3.63) is 0 Å². The number of hydrogen-bond acceptors (Lipinski definition) is 3. The Kier molecular flexibility index (Phi) is 9.73. The van der Waals surface area contributed by atoms with E-state index in [1.165, 1.54) is 38.5 Å². The molecule has 0 aliphatic carbocycles. The Morgan fingerprint density at radius 3 is 1.47 bits per heavy atom. The molecule has 0 rings (SSSR count). The summed E-state index contributed by atoms with van der Waals surface area (Å²) in [7, 11) is -3.74. The fourth-order valence-electron chi connectivity index (χ4n) is 1.67. The van der Waals surface area contributed by atoms with Crippen LogP contribution in [0.4, 0.5) is 0 Å². The minimum absolute atomic E-state index is 0.197. The van der Waals surface area contributed by atoms with Gasteiger partial charge in [0.2, 0.25) is 0 Å². The van der Waals surface area contributed by atoms with E-state index in [0.29, 0.717) is 0 Å². The van der Waals surface area contributed by atoms with E-state index in [-0.39, 0.29) is 6.16 Å². The summed E-state index contributed by atoms with van der Waals surface area (Å²) in [5.74, 6) is 0. The third kappa shape index (κ3) is 14.3. The Morgan fingerprint density at radius 2 is 1.07 bits per heavy atom. The SMILES string of the molecule is CCCCCCCCCCC[PH](O)(O)O. The van der Waals surface area contributed by atoms with E-state index in [9.17, 15) is 0 Å². The Balaban J connectivity index is 2.99. The molecule has 0 aromatic heterocycles. The van der Waals surface area contributed by atoms with Crippen molar-refractivity contribution >= 4 is 7.94 Å². The van der Waals surface area contributed by atoms with E-state index >= 15 is 0 Å². The van der Waals surface area contributed by atoms with Gasteiger partial charge in [-0.3, -0.25) is 0 Å². The van der Waals surface area contributed by atoms with Gasteiger partial charge in [0.15, 0.2) is 0 Å². The molecule has 94 valence electrons. The molecule has 0 aromatic rings. The molecule has 0 aliphatic rings. The quantitative estimate of drug-likeness (QED) is 0.405. The summed E-state index contributed by atoms with van der Waals surface area (Å²) in [5, 5.41) is 0. The van der Waals surface area contributed by atoms with Gasteiger partial charge in [-0.1, -0.05) is 0 Å². The molecule has 0 saturated heterocycles. The van der Waals surface area contributed by atoms with Gasteiger partial charge in [-0.15, -0.1) is 0 Å². The third-order valence-corrected chi connectivity index (χ3v) is 3.64. The van der Waals surface area contributed by atoms with Crippen LogP contribution in [0.2, 0.25) is 0 Å². The Labute approximate surface area is 94.1 Å². The maximum atomic E-state index is 8.77. The maximum absolute atomic E-state index is 8.77. The molecule has 0 aromatic carbocycles. The second-order valence-corrected chi connectivity index (χ2v) is 6.40. The van der Waals surface area contributed by atoms with Crippen LogP contribution in [-0.2, 0) is 0 Å². The van der Waals surface area contributed by atoms with E-state index in [1.54, 1.807) is 0 Å². The molecule has 0 saturated carbocycles. The summed E-state index contributed by atoms with van der Waals surface area (Å²) in [5.41, 5.74) is 0. The Hall–Kier alpha value is 0.310. The molecular formula is C11H27O3P. The molecule has 0 spiro atoms. The number of rotatable bonds is 10. The monoisotopic (exact) mass is 238 g/mol. The van der Waals surface area contributed by atoms with Crippen molar-refractivity contribution < 1.29 is 14.7 Å². The van der Waals surface area contributed by atoms with Crippen LogP contribution in [0.25, 0.3) is 0 Å². The first-order valence-corrected chi connectivity index (χ1v) is 8.28. The predicted octanol–water partition coefficient (Wildman–Crippen LogP) is 2.99. The first kappa shape index (κ1) is 15.3. The van der Waals surface area contributed by atoms with Crippen molar-refractivity contribution in [3.8, 4) is 0 Å². The topological polar surface area (TPSA) is 60.7 Å². The molecule has 0 amide bonds. The minimum atomic E-state index is -3.74. The fraction of sp³-hybridized carbons (Fsp3) is 1.00. The fourth-order valence-corrected chi connectivity index (χ4v) is 2.40. The van der Waals surface area contributed by atoms with Crippen LogP contribution in [0.3, 0.4) is 0 Å². The molecule has 15 heavy (non-hydrogen) atoms. The van der Waals surface area contributed by atoms with Gasteiger partial charge in [0.1, 0.15) is 0 Å². The van der Waals surface area contributed by atoms with Gasteiger partial charge < -0.3 is 0 Å². The van der Waals surface area contributed by atoms with Crippen molar-refractivity contribution in [2.24, 2.45) is 0 Å². The van der Waals surface area contributed by atoms with Crippen molar-refractivity contribution in [2.75, 3.05) is 6.16 Å². The standard InChI is InChI=1S/C11H27O3P/c1-2-3-4-5-6-7-8-9-10-11-15(12,13)14/h12-15H,2-11H2,1H3. The van der Waals surface area contributed by atoms with E-state index in [4.69, 9.17) is 14.7 Å². The van der Waals surface area contributed by atoms with Gasteiger partial charge in [0.05, 0.1) is 0 Å². The van der Waals surface area contributed by atoms with E-state index in [2.05, 4.69) is 6.92 Å². The van der Waals surface area contributed by atoms with Crippen LogP contribution in [-0.4, -0.2) is 20.8 Å². The Bertz CT molecular complexity index is 134. The van der Waals surface area contributed by atoms with Crippen LogP contribution in [0, 0.1) is 0 Å². The van der Waals surface area contributed by atoms with Gasteiger partial charge in [0.25, 0.3) is 0 Å². The summed E-state index contributed by atoms with van der Waals surface area (Å²) in [6.45, 7) is 2.22. The van der Waals surface area contributed by atoms with Crippen molar-refractivity contribution in [1.82, 2.24) is 0 Å². The van der Waals surface area contributed by atoms with Crippen molar-refractivity contribution in [3.63, 3.8) is 0 Å². The predicted molar refractivity (Wildman–Crippen MR) is 67.1 cm³/mol. The summed E-state index contributed by atoms with van der Waals surface area (Å²) >= 11 is 0. The van der Waals surface area contributed by atoms with Gasteiger partial charge in [-0.25, -0.2) is 0 Å². The van der Waals surface area contributed by atoms with Crippen LogP contribution < -0.4 is 0 Å². The van der Waals surface area contributed by atoms with Crippen molar-refractivity contribution in [2.45, 2.75) is 64.7 Å². The molecule has 4 heteroatoms. The Morgan fingerprint density at radius 1 is 0.667 bits per heavy atom. The van der Waals surface area contributed by atoms with Crippen LogP contribution in [0.1, 0.15) is 64.7 Å². The molecule has 0 bridgehead atoms. The van der Waals surface area contributed by atoms with Crippen LogP contribution >= 0.6 is 7.94 Å². The molecule has 0 radical (unpaired) electrons. The number of hydrogen-bond donors (Lipinski definition) is 3. The zero-order valence-corrected chi connectivity index (χ0v) is 10.9. The van der Waals surface area contributed by atoms with E-state index in [1.807, 2.05) is 0 Å². The number of unbranched alkanes of at least 4 members (excludes halogenated alkanes) is 8. The average molecular weight is 238 g/mol. The first-order chi connectivity index (χ1) is 7.06. The van der Waals surface area contributed by atoms with Crippen molar-refractivity contribution in [1.29, 1.82) is 0 Å². The molecule has 3 N–H and O–H groups in total. The van der Waals surface area contributed by atoms with E-state index in [0.717, 1.165) is 19.3 Å². The molecule has 3 nitrogen and oxygen atoms in total. The second kappa shape index (κ2) is 9.53. The second-order valence-electron chi connectivity index (χ2n) is 4.35. The van der Waals surface area contributed by atoms with Gasteiger partial charge in [-0.2, -0.15) is 0 Å². The third-order valence-electron chi connectivity index (χ3n) is 2.62. The molecule has 0 unspecified atom stereocenters.